The zero-order valence-electron chi connectivity index (χ0n) is 11.1. The van der Waals surface area contributed by atoms with Gasteiger partial charge in [0.1, 0.15) is 0 Å². The van der Waals surface area contributed by atoms with E-state index in [2.05, 4.69) is 46.0 Å². The van der Waals surface area contributed by atoms with E-state index in [9.17, 15) is 0 Å². The Hall–Kier alpha value is -1.59. The van der Waals surface area contributed by atoms with E-state index in [1.165, 1.54) is 0 Å². The van der Waals surface area contributed by atoms with Crippen LogP contribution in [0.5, 0.6) is 0 Å². The Labute approximate surface area is 112 Å². The summed E-state index contributed by atoms with van der Waals surface area (Å²) in [5, 5.41) is 15.2. The summed E-state index contributed by atoms with van der Waals surface area (Å²) in [5.41, 5.74) is 2.19. The summed E-state index contributed by atoms with van der Waals surface area (Å²) >= 11 is 0. The Balaban J connectivity index is 1.59. The molecule has 0 bridgehead atoms. The van der Waals surface area contributed by atoms with Crippen LogP contribution in [0.3, 0.4) is 0 Å². The van der Waals surface area contributed by atoms with Gasteiger partial charge in [-0.05, 0) is 31.5 Å². The van der Waals surface area contributed by atoms with E-state index in [0.29, 0.717) is 12.1 Å². The Bertz CT molecular complexity index is 533. The average molecular weight is 260 g/mol. The second-order valence-electron chi connectivity index (χ2n) is 5.18. The predicted octanol–water partition coefficient (Wildman–Crippen LogP) is 1.74. The van der Waals surface area contributed by atoms with Gasteiger partial charge in [0.2, 0.25) is 0 Å². The summed E-state index contributed by atoms with van der Waals surface area (Å²) in [5.74, 6) is 0. The first-order chi connectivity index (χ1) is 9.31. The second-order valence-corrected chi connectivity index (χ2v) is 5.18. The fraction of sp³-hybridized carbons (Fsp3) is 0.500. The summed E-state index contributed by atoms with van der Waals surface area (Å²) in [6.45, 7) is 4.80. The number of nitrogens with one attached hydrogen (secondary N) is 3. The monoisotopic (exact) mass is 260 g/mol. The Kier molecular flexibility index (Phi) is 3.66. The molecule has 2 aromatic rings. The molecule has 1 aliphatic rings. The van der Waals surface area contributed by atoms with Crippen molar-refractivity contribution in [3.05, 3.63) is 24.4 Å². The molecule has 2 unspecified atom stereocenters. The van der Waals surface area contributed by atoms with E-state index in [0.717, 1.165) is 42.8 Å². The van der Waals surface area contributed by atoms with Crippen molar-refractivity contribution in [1.29, 1.82) is 0 Å². The number of aromatic nitrogens is 2. The topological polar surface area (TPSA) is 62.0 Å². The third kappa shape index (κ3) is 3.05. The highest BCUT2D eigenvalue weighted by atomic mass is 16.5. The Morgan fingerprint density at radius 3 is 3.32 bits per heavy atom. The molecule has 0 amide bonds. The predicted molar refractivity (Wildman–Crippen MR) is 76.4 cm³/mol. The van der Waals surface area contributed by atoms with Crippen molar-refractivity contribution in [3.8, 4) is 0 Å². The maximum absolute atomic E-state index is 5.48. The molecule has 0 saturated carbocycles. The number of nitrogens with zero attached hydrogens (tertiary/aromatic N) is 1. The normalized spacial score (nSPS) is 21.4. The van der Waals surface area contributed by atoms with Crippen LogP contribution in [0, 0.1) is 0 Å². The van der Waals surface area contributed by atoms with Crippen LogP contribution < -0.4 is 10.6 Å². The van der Waals surface area contributed by atoms with E-state index < -0.39 is 0 Å². The van der Waals surface area contributed by atoms with Crippen molar-refractivity contribution in [3.63, 3.8) is 0 Å². The van der Waals surface area contributed by atoms with Crippen LogP contribution in [0.2, 0.25) is 0 Å². The summed E-state index contributed by atoms with van der Waals surface area (Å²) in [6.07, 6.45) is 2.90. The van der Waals surface area contributed by atoms with E-state index in [-0.39, 0.29) is 0 Å². The van der Waals surface area contributed by atoms with Crippen LogP contribution >= 0.6 is 0 Å². The third-order valence-electron chi connectivity index (χ3n) is 3.49. The lowest BCUT2D eigenvalue weighted by atomic mass is 10.1. The molecule has 1 saturated heterocycles. The van der Waals surface area contributed by atoms with Crippen molar-refractivity contribution in [2.45, 2.75) is 25.4 Å². The number of anilines is 1. The summed E-state index contributed by atoms with van der Waals surface area (Å²) in [7, 11) is 0. The minimum Gasteiger partial charge on any atom is -0.382 e. The largest absolute Gasteiger partial charge is 0.382 e. The first-order valence-electron chi connectivity index (χ1n) is 6.82. The van der Waals surface area contributed by atoms with Crippen LogP contribution in [-0.4, -0.2) is 42.0 Å². The van der Waals surface area contributed by atoms with Gasteiger partial charge in [0.25, 0.3) is 0 Å². The van der Waals surface area contributed by atoms with Gasteiger partial charge >= 0.3 is 0 Å². The van der Waals surface area contributed by atoms with Gasteiger partial charge in [0.05, 0.1) is 24.9 Å². The minimum absolute atomic E-state index is 0.402. The summed E-state index contributed by atoms with van der Waals surface area (Å²) < 4.78 is 5.48. The van der Waals surface area contributed by atoms with Gasteiger partial charge in [0.15, 0.2) is 0 Å². The van der Waals surface area contributed by atoms with Crippen LogP contribution in [0.1, 0.15) is 13.3 Å². The molecule has 0 aliphatic carbocycles. The van der Waals surface area contributed by atoms with Gasteiger partial charge < -0.3 is 15.4 Å². The number of fused-ring (bicyclic) bond motifs is 1. The van der Waals surface area contributed by atoms with Crippen molar-refractivity contribution >= 4 is 16.6 Å². The number of morpholine rings is 1. The number of H-pyrrole nitrogens is 1. The molecular weight excluding hydrogens is 240 g/mol. The van der Waals surface area contributed by atoms with Crippen LogP contribution in [0.15, 0.2) is 24.4 Å². The lowest BCUT2D eigenvalue weighted by molar-refractivity contribution is 0.0731. The Morgan fingerprint density at radius 1 is 1.53 bits per heavy atom. The number of aromatic amines is 1. The molecule has 1 aromatic heterocycles. The lowest BCUT2D eigenvalue weighted by Gasteiger charge is -2.27. The standard InChI is InChI=1S/C14H20N4O/c1-10(6-13-9-19-5-4-15-13)17-12-3-2-11-8-16-18-14(11)7-12/h2-3,7-8,10,13,15,17H,4-6,9H2,1H3,(H,16,18). The third-order valence-corrected chi connectivity index (χ3v) is 3.49. The highest BCUT2D eigenvalue weighted by Gasteiger charge is 2.16. The van der Waals surface area contributed by atoms with Gasteiger partial charge in [-0.1, -0.05) is 0 Å². The fourth-order valence-corrected chi connectivity index (χ4v) is 2.57. The highest BCUT2D eigenvalue weighted by Crippen LogP contribution is 2.18. The van der Waals surface area contributed by atoms with E-state index in [1.807, 2.05) is 6.20 Å². The summed E-state index contributed by atoms with van der Waals surface area (Å²) in [4.78, 5) is 0. The quantitative estimate of drug-likeness (QED) is 0.783. The van der Waals surface area contributed by atoms with Gasteiger partial charge in [-0.15, -0.1) is 0 Å². The smallest absolute Gasteiger partial charge is 0.0670 e. The number of rotatable bonds is 4. The maximum Gasteiger partial charge on any atom is 0.0670 e. The number of hydrogen-bond donors (Lipinski definition) is 3. The summed E-state index contributed by atoms with van der Waals surface area (Å²) in [6, 6.07) is 7.13. The fourth-order valence-electron chi connectivity index (χ4n) is 2.57. The number of benzene rings is 1. The molecule has 0 radical (unpaired) electrons. The molecule has 1 aromatic carbocycles. The lowest BCUT2D eigenvalue weighted by Crippen LogP contribution is -2.43. The first-order valence-corrected chi connectivity index (χ1v) is 6.82. The molecule has 3 rings (SSSR count). The molecule has 3 N–H and O–H groups in total. The molecule has 19 heavy (non-hydrogen) atoms. The zero-order valence-corrected chi connectivity index (χ0v) is 11.1. The van der Waals surface area contributed by atoms with E-state index >= 15 is 0 Å². The minimum atomic E-state index is 0.402. The molecule has 1 aliphatic heterocycles. The van der Waals surface area contributed by atoms with Gasteiger partial charge in [-0.25, -0.2) is 0 Å². The molecule has 0 spiro atoms. The van der Waals surface area contributed by atoms with Crippen molar-refractivity contribution in [2.75, 3.05) is 25.1 Å². The average Bonchev–Trinajstić information content (AvgIpc) is 2.87. The van der Waals surface area contributed by atoms with Crippen LogP contribution in [-0.2, 0) is 4.74 Å². The van der Waals surface area contributed by atoms with Gasteiger partial charge in [0, 0.05) is 29.7 Å². The SMILES string of the molecule is CC(CC1COCCN1)Nc1ccc2cn[nH]c2c1. The second kappa shape index (κ2) is 5.59. The van der Waals surface area contributed by atoms with Gasteiger partial charge in [-0.3, -0.25) is 5.10 Å². The molecular formula is C14H20N4O. The maximum atomic E-state index is 5.48. The number of hydrogen-bond acceptors (Lipinski definition) is 4. The number of ether oxygens (including phenoxy) is 1. The van der Waals surface area contributed by atoms with E-state index in [1.54, 1.807) is 0 Å². The molecule has 1 fully saturated rings. The van der Waals surface area contributed by atoms with Crippen molar-refractivity contribution in [1.82, 2.24) is 15.5 Å². The highest BCUT2D eigenvalue weighted by molar-refractivity contribution is 5.81. The van der Waals surface area contributed by atoms with Crippen LogP contribution in [0.25, 0.3) is 10.9 Å². The van der Waals surface area contributed by atoms with Gasteiger partial charge in [-0.2, -0.15) is 5.10 Å². The van der Waals surface area contributed by atoms with Crippen molar-refractivity contribution in [2.24, 2.45) is 0 Å². The van der Waals surface area contributed by atoms with Crippen LogP contribution in [0.4, 0.5) is 5.69 Å². The molecule has 5 heteroatoms. The molecule has 2 heterocycles. The van der Waals surface area contributed by atoms with Crippen molar-refractivity contribution < 1.29 is 4.74 Å². The molecule has 102 valence electrons. The molecule has 5 nitrogen and oxygen atoms in total. The first kappa shape index (κ1) is 12.4. The molecule has 2 atom stereocenters. The zero-order chi connectivity index (χ0) is 13.1. The van der Waals surface area contributed by atoms with E-state index in [4.69, 9.17) is 4.74 Å². The Morgan fingerprint density at radius 2 is 2.47 bits per heavy atom.